The van der Waals surface area contributed by atoms with Gasteiger partial charge in [-0.25, -0.2) is 14.1 Å². The topological polar surface area (TPSA) is 39.9 Å². The average Bonchev–Trinajstić information content (AvgIpc) is 3.23. The molecule has 154 valence electrons. The molecule has 0 N–H and O–H groups in total. The number of nitrogens with zero attached hydrogens (tertiary/aromatic N) is 3. The van der Waals surface area contributed by atoms with Gasteiger partial charge in [0.15, 0.2) is 11.6 Å². The average molecular weight is 442 g/mol. The molecule has 0 fully saturated rings. The van der Waals surface area contributed by atoms with E-state index in [0.717, 1.165) is 21.8 Å². The maximum atomic E-state index is 14.4. The van der Waals surface area contributed by atoms with E-state index < -0.39 is 5.82 Å². The Balaban J connectivity index is 1.77. The molecule has 0 aliphatic carbocycles. The number of aryl methyl sites for hydroxylation is 1. The third-order valence-electron chi connectivity index (χ3n) is 5.03. The van der Waals surface area contributed by atoms with E-state index >= 15 is 0 Å². The number of ether oxygens (including phenoxy) is 1. The van der Waals surface area contributed by atoms with Gasteiger partial charge in [0.05, 0.1) is 22.1 Å². The molecule has 0 unspecified atom stereocenters. The van der Waals surface area contributed by atoms with Crippen LogP contribution in [0.3, 0.4) is 0 Å². The molecule has 30 heavy (non-hydrogen) atoms. The van der Waals surface area contributed by atoms with Crippen LogP contribution in [0.1, 0.15) is 18.1 Å². The molecule has 0 saturated heterocycles. The lowest BCUT2D eigenvalue weighted by Gasteiger charge is -2.04. The first-order valence-corrected chi connectivity index (χ1v) is 10.8. The van der Waals surface area contributed by atoms with Gasteiger partial charge in [-0.15, -0.1) is 11.3 Å². The van der Waals surface area contributed by atoms with Crippen LogP contribution < -0.4 is 4.74 Å². The third-order valence-corrected chi connectivity index (χ3v) is 6.78. The molecule has 0 amide bonds. The summed E-state index contributed by atoms with van der Waals surface area (Å²) in [6.45, 7) is 6.79. The molecule has 0 aliphatic heterocycles. The summed E-state index contributed by atoms with van der Waals surface area (Å²) in [5, 5.41) is 4.73. The summed E-state index contributed by atoms with van der Waals surface area (Å²) in [5.74, 6) is 1.39. The van der Waals surface area contributed by atoms with E-state index in [-0.39, 0.29) is 11.4 Å². The Labute approximate surface area is 183 Å². The highest BCUT2D eigenvalue weighted by atomic mass is 35.5. The lowest BCUT2D eigenvalue weighted by atomic mass is 10.1. The van der Waals surface area contributed by atoms with Crippen LogP contribution in [0.2, 0.25) is 5.02 Å². The molecule has 0 radical (unpaired) electrons. The first-order valence-electron chi connectivity index (χ1n) is 9.59. The molecule has 0 spiro atoms. The van der Waals surface area contributed by atoms with E-state index in [9.17, 15) is 4.39 Å². The molecule has 2 heterocycles. The van der Waals surface area contributed by atoms with Crippen molar-refractivity contribution in [2.24, 2.45) is 7.05 Å². The molecule has 0 saturated carbocycles. The van der Waals surface area contributed by atoms with Crippen LogP contribution >= 0.6 is 22.9 Å². The van der Waals surface area contributed by atoms with Crippen molar-refractivity contribution >= 4 is 22.9 Å². The number of halogens is 2. The number of hydrogen-bond acceptors (Lipinski definition) is 4. The summed E-state index contributed by atoms with van der Waals surface area (Å²) < 4.78 is 21.6. The SMILES string of the molecule is CCOc1ccc(-c2sc(-c3nc(-c4c(F)cccc4Cl)nn3C)c(C)c2C)cc1. The van der Waals surface area contributed by atoms with Gasteiger partial charge in [-0.2, -0.15) is 5.10 Å². The smallest absolute Gasteiger partial charge is 0.186 e. The van der Waals surface area contributed by atoms with Crippen molar-refractivity contribution < 1.29 is 9.13 Å². The molecular weight excluding hydrogens is 421 g/mol. The van der Waals surface area contributed by atoms with Crippen LogP contribution in [0.25, 0.3) is 32.5 Å². The highest BCUT2D eigenvalue weighted by Crippen LogP contribution is 2.42. The van der Waals surface area contributed by atoms with Gasteiger partial charge in [0.2, 0.25) is 0 Å². The van der Waals surface area contributed by atoms with Crippen molar-refractivity contribution in [3.05, 3.63) is 64.4 Å². The lowest BCUT2D eigenvalue weighted by Crippen LogP contribution is -1.94. The molecule has 4 rings (SSSR count). The fraction of sp³-hybridized carbons (Fsp3) is 0.217. The minimum atomic E-state index is -0.436. The molecule has 0 aliphatic rings. The molecule has 0 atom stereocenters. The highest BCUT2D eigenvalue weighted by molar-refractivity contribution is 7.19. The zero-order valence-corrected chi connectivity index (χ0v) is 18.7. The van der Waals surface area contributed by atoms with Gasteiger partial charge < -0.3 is 4.74 Å². The van der Waals surface area contributed by atoms with Crippen molar-refractivity contribution in [2.45, 2.75) is 20.8 Å². The highest BCUT2D eigenvalue weighted by Gasteiger charge is 2.22. The predicted octanol–water partition coefficient (Wildman–Crippen LogP) is 6.69. The Kier molecular flexibility index (Phi) is 5.62. The Hall–Kier alpha value is -2.70. The lowest BCUT2D eigenvalue weighted by molar-refractivity contribution is 0.340. The summed E-state index contributed by atoms with van der Waals surface area (Å²) in [7, 11) is 1.81. The number of benzene rings is 2. The van der Waals surface area contributed by atoms with Gasteiger partial charge in [-0.05, 0) is 73.9 Å². The van der Waals surface area contributed by atoms with Crippen molar-refractivity contribution in [1.29, 1.82) is 0 Å². The maximum Gasteiger partial charge on any atom is 0.186 e. The largest absolute Gasteiger partial charge is 0.494 e. The van der Waals surface area contributed by atoms with Crippen LogP contribution in [-0.4, -0.2) is 21.4 Å². The summed E-state index contributed by atoms with van der Waals surface area (Å²) in [5.41, 5.74) is 3.66. The van der Waals surface area contributed by atoms with Gasteiger partial charge in [0.1, 0.15) is 11.6 Å². The van der Waals surface area contributed by atoms with E-state index in [0.29, 0.717) is 17.5 Å². The Morgan fingerprint density at radius 1 is 1.07 bits per heavy atom. The fourth-order valence-electron chi connectivity index (χ4n) is 3.35. The molecule has 2 aromatic heterocycles. The van der Waals surface area contributed by atoms with Crippen LogP contribution in [-0.2, 0) is 7.05 Å². The minimum absolute atomic E-state index is 0.221. The van der Waals surface area contributed by atoms with Crippen molar-refractivity contribution in [1.82, 2.24) is 14.8 Å². The van der Waals surface area contributed by atoms with Gasteiger partial charge in [0.25, 0.3) is 0 Å². The van der Waals surface area contributed by atoms with Crippen molar-refractivity contribution in [3.63, 3.8) is 0 Å². The van der Waals surface area contributed by atoms with Crippen molar-refractivity contribution in [3.8, 4) is 38.3 Å². The zero-order chi connectivity index (χ0) is 21.4. The van der Waals surface area contributed by atoms with Crippen LogP contribution in [0.15, 0.2) is 42.5 Å². The Morgan fingerprint density at radius 3 is 2.43 bits per heavy atom. The number of thiophene rings is 1. The monoisotopic (exact) mass is 441 g/mol. The summed E-state index contributed by atoms with van der Waals surface area (Å²) in [4.78, 5) is 6.81. The van der Waals surface area contributed by atoms with Crippen LogP contribution in [0.5, 0.6) is 5.75 Å². The second kappa shape index (κ2) is 8.20. The standard InChI is InChI=1S/C23H21ClFN3OS/c1-5-29-16-11-9-15(10-12-16)20-13(2)14(3)21(30-20)23-26-22(27-28(23)4)19-17(24)7-6-8-18(19)25/h6-12H,5H2,1-4H3. The van der Waals surface area contributed by atoms with Gasteiger partial charge in [-0.3, -0.25) is 0 Å². The molecule has 4 aromatic rings. The van der Waals surface area contributed by atoms with Crippen molar-refractivity contribution in [2.75, 3.05) is 6.61 Å². The Morgan fingerprint density at radius 2 is 1.77 bits per heavy atom. The van der Waals surface area contributed by atoms with E-state index in [2.05, 4.69) is 36.1 Å². The molecular formula is C23H21ClFN3OS. The second-order valence-electron chi connectivity index (χ2n) is 6.95. The van der Waals surface area contributed by atoms with Crippen LogP contribution in [0.4, 0.5) is 4.39 Å². The molecule has 7 heteroatoms. The Bertz CT molecular complexity index is 1190. The number of rotatable bonds is 5. The van der Waals surface area contributed by atoms with Gasteiger partial charge in [0, 0.05) is 11.9 Å². The zero-order valence-electron chi connectivity index (χ0n) is 17.2. The molecule has 0 bridgehead atoms. The third kappa shape index (κ3) is 3.61. The van der Waals surface area contributed by atoms with Gasteiger partial charge >= 0.3 is 0 Å². The van der Waals surface area contributed by atoms with E-state index in [4.69, 9.17) is 16.3 Å². The minimum Gasteiger partial charge on any atom is -0.494 e. The first kappa shape index (κ1) is 20.6. The summed E-state index contributed by atoms with van der Waals surface area (Å²) >= 11 is 7.86. The van der Waals surface area contributed by atoms with E-state index in [1.54, 1.807) is 28.2 Å². The predicted molar refractivity (Wildman–Crippen MR) is 121 cm³/mol. The fourth-order valence-corrected chi connectivity index (χ4v) is 4.94. The molecule has 2 aromatic carbocycles. The van der Waals surface area contributed by atoms with E-state index in [1.165, 1.54) is 16.5 Å². The number of hydrogen-bond donors (Lipinski definition) is 0. The van der Waals surface area contributed by atoms with Crippen LogP contribution in [0, 0.1) is 19.7 Å². The second-order valence-corrected chi connectivity index (χ2v) is 8.37. The first-order chi connectivity index (χ1) is 14.4. The quantitative estimate of drug-likeness (QED) is 0.346. The molecule has 4 nitrogen and oxygen atoms in total. The van der Waals surface area contributed by atoms with Gasteiger partial charge in [-0.1, -0.05) is 17.7 Å². The summed E-state index contributed by atoms with van der Waals surface area (Å²) in [6, 6.07) is 12.7. The van der Waals surface area contributed by atoms with E-state index in [1.807, 2.05) is 26.1 Å². The summed E-state index contributed by atoms with van der Waals surface area (Å²) in [6.07, 6.45) is 0. The number of aromatic nitrogens is 3. The normalized spacial score (nSPS) is 11.1. The maximum absolute atomic E-state index is 14.4.